The van der Waals surface area contributed by atoms with Crippen LogP contribution in [0.2, 0.25) is 0 Å². The molecule has 2 N–H and O–H groups in total. The van der Waals surface area contributed by atoms with E-state index in [-0.39, 0.29) is 18.0 Å². The highest BCUT2D eigenvalue weighted by atomic mass is 19.1. The van der Waals surface area contributed by atoms with Crippen molar-refractivity contribution >= 4 is 22.6 Å². The Bertz CT molecular complexity index is 1340. The molecule has 3 aromatic carbocycles. The molecule has 1 atom stereocenters. The Kier molecular flexibility index (Phi) is 6.45. The maximum Gasteiger partial charge on any atom is 0.254 e. The van der Waals surface area contributed by atoms with Crippen LogP contribution < -0.4 is 10.6 Å². The average molecular weight is 442 g/mol. The molecule has 2 amide bonds. The molecule has 4 rings (SSSR count). The van der Waals surface area contributed by atoms with Crippen LogP contribution in [0.4, 0.5) is 4.39 Å². The maximum absolute atomic E-state index is 14.4. The average Bonchev–Trinajstić information content (AvgIpc) is 2.83. The van der Waals surface area contributed by atoms with Gasteiger partial charge in [0.25, 0.3) is 11.8 Å². The second-order valence-corrected chi connectivity index (χ2v) is 7.97. The predicted molar refractivity (Wildman–Crippen MR) is 127 cm³/mol. The smallest absolute Gasteiger partial charge is 0.254 e. The summed E-state index contributed by atoms with van der Waals surface area (Å²) in [5.74, 6) is -1.38. The van der Waals surface area contributed by atoms with Gasteiger partial charge in [0.2, 0.25) is 0 Å². The molecule has 0 aliphatic rings. The van der Waals surface area contributed by atoms with Crippen LogP contribution >= 0.6 is 0 Å². The van der Waals surface area contributed by atoms with Crippen molar-refractivity contribution in [3.63, 3.8) is 0 Å². The molecule has 5 nitrogen and oxygen atoms in total. The summed E-state index contributed by atoms with van der Waals surface area (Å²) in [6.45, 7) is 3.54. The van der Waals surface area contributed by atoms with Gasteiger partial charge in [0.15, 0.2) is 0 Å². The number of carbonyl (C=O) groups excluding carboxylic acids is 2. The van der Waals surface area contributed by atoms with Crippen LogP contribution in [0, 0.1) is 19.7 Å². The summed E-state index contributed by atoms with van der Waals surface area (Å²) < 4.78 is 14.4. The summed E-state index contributed by atoms with van der Waals surface area (Å²) in [4.78, 5) is 29.8. The first-order valence-electron chi connectivity index (χ1n) is 10.7. The fraction of sp³-hybridized carbons (Fsp3) is 0.148. The molecule has 0 spiro atoms. The van der Waals surface area contributed by atoms with Gasteiger partial charge in [-0.2, -0.15) is 0 Å². The molecule has 0 aliphatic carbocycles. The fourth-order valence-corrected chi connectivity index (χ4v) is 3.73. The van der Waals surface area contributed by atoms with E-state index in [0.29, 0.717) is 11.1 Å². The van der Waals surface area contributed by atoms with Crippen molar-refractivity contribution in [2.75, 3.05) is 6.54 Å². The van der Waals surface area contributed by atoms with Crippen LogP contribution in [0.1, 0.15) is 43.4 Å². The molecule has 1 unspecified atom stereocenters. The lowest BCUT2D eigenvalue weighted by molar-refractivity contribution is 0.0906. The summed E-state index contributed by atoms with van der Waals surface area (Å²) >= 11 is 0. The Morgan fingerprint density at radius 2 is 1.67 bits per heavy atom. The molecular formula is C27H24FN3O2. The number of hydrogen-bond donors (Lipinski definition) is 2. The Balaban J connectivity index is 1.61. The van der Waals surface area contributed by atoms with Crippen LogP contribution in [-0.4, -0.2) is 23.3 Å². The van der Waals surface area contributed by atoms with Gasteiger partial charge in [0, 0.05) is 18.9 Å². The number of aromatic nitrogens is 1. The van der Waals surface area contributed by atoms with Gasteiger partial charge in [-0.25, -0.2) is 4.39 Å². The van der Waals surface area contributed by atoms with E-state index in [0.717, 1.165) is 21.9 Å². The van der Waals surface area contributed by atoms with E-state index in [1.54, 1.807) is 31.3 Å². The number of aryl methyl sites for hydroxylation is 2. The largest absolute Gasteiger partial charge is 0.350 e. The van der Waals surface area contributed by atoms with Gasteiger partial charge in [-0.3, -0.25) is 14.6 Å². The Labute approximate surface area is 191 Å². The lowest BCUT2D eigenvalue weighted by atomic mass is 10.0. The van der Waals surface area contributed by atoms with Gasteiger partial charge in [-0.15, -0.1) is 0 Å². The lowest BCUT2D eigenvalue weighted by Crippen LogP contribution is -2.38. The lowest BCUT2D eigenvalue weighted by Gasteiger charge is -2.21. The van der Waals surface area contributed by atoms with Crippen molar-refractivity contribution in [2.24, 2.45) is 0 Å². The fourth-order valence-electron chi connectivity index (χ4n) is 3.73. The molecule has 166 valence electrons. The summed E-state index contributed by atoms with van der Waals surface area (Å²) in [7, 11) is 0. The second kappa shape index (κ2) is 9.61. The number of pyridine rings is 1. The summed E-state index contributed by atoms with van der Waals surface area (Å²) in [6.07, 6.45) is 3.15. The zero-order valence-electron chi connectivity index (χ0n) is 18.4. The van der Waals surface area contributed by atoms with Crippen molar-refractivity contribution < 1.29 is 14.0 Å². The van der Waals surface area contributed by atoms with Crippen molar-refractivity contribution in [3.8, 4) is 0 Å². The molecule has 6 heteroatoms. The quantitative estimate of drug-likeness (QED) is 0.447. The number of amides is 2. The van der Waals surface area contributed by atoms with Gasteiger partial charge < -0.3 is 10.6 Å². The van der Waals surface area contributed by atoms with Crippen molar-refractivity contribution in [1.29, 1.82) is 0 Å². The molecule has 0 radical (unpaired) electrons. The van der Waals surface area contributed by atoms with Crippen molar-refractivity contribution in [3.05, 3.63) is 113 Å². The van der Waals surface area contributed by atoms with Crippen LogP contribution in [0.3, 0.4) is 0 Å². The zero-order valence-corrected chi connectivity index (χ0v) is 18.4. The van der Waals surface area contributed by atoms with Crippen LogP contribution in [-0.2, 0) is 0 Å². The highest BCUT2D eigenvalue weighted by Gasteiger charge is 2.20. The monoisotopic (exact) mass is 441 g/mol. The number of nitrogens with one attached hydrogen (secondary N) is 2. The molecule has 0 fully saturated rings. The third kappa shape index (κ3) is 4.90. The molecule has 0 saturated heterocycles. The van der Waals surface area contributed by atoms with E-state index in [2.05, 4.69) is 15.6 Å². The van der Waals surface area contributed by atoms with Crippen molar-refractivity contribution in [2.45, 2.75) is 19.9 Å². The Hall–Kier alpha value is -4.06. The predicted octanol–water partition coefficient (Wildman–Crippen LogP) is 4.89. The highest BCUT2D eigenvalue weighted by Crippen LogP contribution is 2.21. The number of halogens is 1. The van der Waals surface area contributed by atoms with Gasteiger partial charge in [0.05, 0.1) is 17.2 Å². The summed E-state index contributed by atoms with van der Waals surface area (Å²) in [6, 6.07) is 19.7. The van der Waals surface area contributed by atoms with Crippen LogP contribution in [0.5, 0.6) is 0 Å². The van der Waals surface area contributed by atoms with E-state index in [4.69, 9.17) is 0 Å². The topological polar surface area (TPSA) is 71.1 Å². The third-order valence-electron chi connectivity index (χ3n) is 5.67. The molecule has 1 heterocycles. The maximum atomic E-state index is 14.4. The van der Waals surface area contributed by atoms with Crippen molar-refractivity contribution in [1.82, 2.24) is 15.6 Å². The minimum atomic E-state index is -0.549. The molecular weight excluding hydrogens is 417 g/mol. The van der Waals surface area contributed by atoms with Gasteiger partial charge in [0.1, 0.15) is 5.82 Å². The number of nitrogens with zero attached hydrogens (tertiary/aromatic N) is 1. The summed E-state index contributed by atoms with van der Waals surface area (Å²) in [5.41, 5.74) is 2.45. The molecule has 0 bridgehead atoms. The molecule has 33 heavy (non-hydrogen) atoms. The van der Waals surface area contributed by atoms with E-state index >= 15 is 0 Å². The van der Waals surface area contributed by atoms with Gasteiger partial charge >= 0.3 is 0 Å². The van der Waals surface area contributed by atoms with E-state index in [1.165, 1.54) is 12.3 Å². The third-order valence-corrected chi connectivity index (χ3v) is 5.67. The minimum absolute atomic E-state index is 0.0262. The number of rotatable bonds is 6. The summed E-state index contributed by atoms with van der Waals surface area (Å²) in [5, 5.41) is 7.86. The van der Waals surface area contributed by atoms with E-state index < -0.39 is 17.8 Å². The van der Waals surface area contributed by atoms with Crippen LogP contribution in [0.15, 0.2) is 79.1 Å². The van der Waals surface area contributed by atoms with Gasteiger partial charge in [-0.1, -0.05) is 48.5 Å². The number of benzene rings is 3. The number of carbonyl (C=O) groups is 2. The first-order chi connectivity index (χ1) is 15.9. The normalized spacial score (nSPS) is 11.7. The SMILES string of the molecule is Cc1ccncc1C(=O)NC(CNC(=O)c1cccc(C)c1F)c1ccc2ccccc2c1. The second-order valence-electron chi connectivity index (χ2n) is 7.97. The van der Waals surface area contributed by atoms with E-state index in [9.17, 15) is 14.0 Å². The molecule has 0 aliphatic heterocycles. The number of hydrogen-bond acceptors (Lipinski definition) is 3. The number of fused-ring (bicyclic) bond motifs is 1. The Morgan fingerprint density at radius 3 is 2.45 bits per heavy atom. The Morgan fingerprint density at radius 1 is 0.879 bits per heavy atom. The molecule has 1 aromatic heterocycles. The van der Waals surface area contributed by atoms with Gasteiger partial charge in [-0.05, 0) is 59.5 Å². The first kappa shape index (κ1) is 22.1. The zero-order chi connectivity index (χ0) is 23.4. The highest BCUT2D eigenvalue weighted by molar-refractivity contribution is 5.96. The standard InChI is InChI=1S/C27H24FN3O2/c1-17-12-13-29-15-23(17)27(33)31-24(21-11-10-19-7-3-4-8-20(19)14-21)16-30-26(32)22-9-5-6-18(2)25(22)28/h3-15,24H,16H2,1-2H3,(H,30,32)(H,31,33). The molecule has 0 saturated carbocycles. The minimum Gasteiger partial charge on any atom is -0.350 e. The molecule has 4 aromatic rings. The first-order valence-corrected chi connectivity index (χ1v) is 10.7. The van der Waals surface area contributed by atoms with Crippen LogP contribution in [0.25, 0.3) is 10.8 Å². The van der Waals surface area contributed by atoms with E-state index in [1.807, 2.05) is 49.4 Å².